The number of benzene rings is 2. The fraction of sp³-hybridized carbons (Fsp3) is 0.600. The predicted molar refractivity (Wildman–Crippen MR) is 147 cm³/mol. The summed E-state index contributed by atoms with van der Waals surface area (Å²) in [6, 6.07) is 20.3. The molecule has 0 spiro atoms. The van der Waals surface area contributed by atoms with Gasteiger partial charge in [-0.3, -0.25) is 0 Å². The average Bonchev–Trinajstić information content (AvgIpc) is 2.80. The molecule has 3 rings (SSSR count). The van der Waals surface area contributed by atoms with Crippen LogP contribution in [0.5, 0.6) is 11.5 Å². The molecule has 0 aliphatic carbocycles. The molecule has 3 nitrogen and oxygen atoms in total. The van der Waals surface area contributed by atoms with Crippen molar-refractivity contribution < 1.29 is 9.05 Å². The van der Waals surface area contributed by atoms with Gasteiger partial charge in [-0.05, 0) is 64.8 Å². The molecule has 0 fully saturated rings. The highest BCUT2D eigenvalue weighted by Crippen LogP contribution is 2.65. The minimum absolute atomic E-state index is 0.215. The van der Waals surface area contributed by atoms with Gasteiger partial charge in [0.25, 0.3) is 0 Å². The van der Waals surface area contributed by atoms with Gasteiger partial charge in [-0.2, -0.15) is 0 Å². The summed E-state index contributed by atoms with van der Waals surface area (Å²) in [7, 11) is -2.73. The molecule has 0 N–H and O–H groups in total. The zero-order valence-electron chi connectivity index (χ0n) is 22.0. The summed E-state index contributed by atoms with van der Waals surface area (Å²) in [5.74, 6) is 1.68. The Morgan fingerprint density at radius 3 is 1.38 bits per heavy atom. The van der Waals surface area contributed by atoms with E-state index in [9.17, 15) is 0 Å². The first-order valence-electron chi connectivity index (χ1n) is 13.4. The van der Waals surface area contributed by atoms with E-state index in [0.29, 0.717) is 0 Å². The number of hydrogen-bond donors (Lipinski definition) is 0. The first-order chi connectivity index (χ1) is 16.3. The standard InChI is InChI=1S/C30H46NO2P/c1-29(2)25-19-11-9-7-5-6-8-10-12-20-26-30(3,4)34(31-29,32-27-21-15-13-16-22-27)33-28-23-17-14-18-24-28/h13-18,21-24H,5-12,19-20,25-26H2,1-4H3. The van der Waals surface area contributed by atoms with Gasteiger partial charge in [-0.1, -0.05) is 101 Å². The molecule has 2 aromatic rings. The summed E-state index contributed by atoms with van der Waals surface area (Å²) in [4.78, 5) is 0. The first-order valence-corrected chi connectivity index (χ1v) is 15.0. The number of rotatable bonds is 4. The lowest BCUT2D eigenvalue weighted by Gasteiger charge is -2.40. The second-order valence-corrected chi connectivity index (χ2v) is 13.9. The van der Waals surface area contributed by atoms with E-state index in [1.807, 2.05) is 60.7 Å². The van der Waals surface area contributed by atoms with E-state index in [2.05, 4.69) is 27.7 Å². The molecule has 188 valence electrons. The van der Waals surface area contributed by atoms with Crippen molar-refractivity contribution >= 4 is 7.51 Å². The smallest absolute Gasteiger partial charge is 0.320 e. The van der Waals surface area contributed by atoms with Crippen LogP contribution in [-0.4, -0.2) is 10.7 Å². The third-order valence-corrected chi connectivity index (χ3v) is 10.4. The summed E-state index contributed by atoms with van der Waals surface area (Å²) in [5, 5.41) is -0.215. The van der Waals surface area contributed by atoms with E-state index >= 15 is 0 Å². The molecule has 34 heavy (non-hydrogen) atoms. The average molecular weight is 484 g/mol. The molecule has 0 amide bonds. The van der Waals surface area contributed by atoms with Crippen LogP contribution in [0.15, 0.2) is 65.4 Å². The maximum absolute atomic E-state index is 6.92. The lowest BCUT2D eigenvalue weighted by atomic mass is 9.97. The van der Waals surface area contributed by atoms with Gasteiger partial charge in [0.05, 0.1) is 10.7 Å². The van der Waals surface area contributed by atoms with Crippen molar-refractivity contribution in [1.82, 2.24) is 0 Å². The summed E-state index contributed by atoms with van der Waals surface area (Å²) < 4.78 is 19.4. The van der Waals surface area contributed by atoms with Gasteiger partial charge in [-0.25, -0.2) is 4.74 Å². The van der Waals surface area contributed by atoms with E-state index in [1.54, 1.807) is 0 Å². The monoisotopic (exact) mass is 483 g/mol. The van der Waals surface area contributed by atoms with Crippen molar-refractivity contribution in [3.63, 3.8) is 0 Å². The second-order valence-electron chi connectivity index (χ2n) is 11.1. The third-order valence-electron chi connectivity index (χ3n) is 6.94. The van der Waals surface area contributed by atoms with Crippen molar-refractivity contribution in [2.75, 3.05) is 0 Å². The van der Waals surface area contributed by atoms with Crippen LogP contribution in [0.3, 0.4) is 0 Å². The molecule has 0 bridgehead atoms. The number of nitrogens with zero attached hydrogens (tertiary/aromatic N) is 1. The van der Waals surface area contributed by atoms with Crippen LogP contribution in [0.4, 0.5) is 0 Å². The molecule has 0 saturated heterocycles. The Labute approximate surface area is 208 Å². The van der Waals surface area contributed by atoms with Crippen LogP contribution < -0.4 is 9.05 Å². The summed E-state index contributed by atoms with van der Waals surface area (Å²) in [5.41, 5.74) is -0.217. The Morgan fingerprint density at radius 1 is 0.559 bits per heavy atom. The fourth-order valence-electron chi connectivity index (χ4n) is 4.77. The maximum Gasteiger partial charge on any atom is 0.320 e. The number of hydrogen-bond acceptors (Lipinski definition) is 3. The zero-order valence-corrected chi connectivity index (χ0v) is 22.9. The van der Waals surface area contributed by atoms with E-state index in [1.165, 1.54) is 64.2 Å². The largest absolute Gasteiger partial charge is 0.430 e. The number of para-hydroxylation sites is 2. The lowest BCUT2D eigenvalue weighted by Crippen LogP contribution is -2.30. The van der Waals surface area contributed by atoms with Crippen LogP contribution in [0.1, 0.15) is 105 Å². The van der Waals surface area contributed by atoms with Crippen LogP contribution in [0, 0.1) is 0 Å². The summed E-state index contributed by atoms with van der Waals surface area (Å²) in [6.07, 6.45) is 15.2. The Bertz CT molecular complexity index is 847. The molecule has 1 aliphatic heterocycles. The summed E-state index contributed by atoms with van der Waals surface area (Å²) in [6.45, 7) is 9.16. The minimum Gasteiger partial charge on any atom is -0.430 e. The Morgan fingerprint density at radius 2 is 0.941 bits per heavy atom. The van der Waals surface area contributed by atoms with Crippen LogP contribution >= 0.6 is 7.51 Å². The summed E-state index contributed by atoms with van der Waals surface area (Å²) >= 11 is 0. The predicted octanol–water partition coefficient (Wildman–Crippen LogP) is 10.4. The Kier molecular flexibility index (Phi) is 10.1. The molecule has 1 aliphatic rings. The highest BCUT2D eigenvalue weighted by atomic mass is 31.2. The fourth-order valence-corrected chi connectivity index (χ4v) is 7.72. The van der Waals surface area contributed by atoms with Crippen molar-refractivity contribution in [2.24, 2.45) is 4.74 Å². The molecule has 0 radical (unpaired) electrons. The molecule has 0 aromatic heterocycles. The van der Waals surface area contributed by atoms with Gasteiger partial charge in [0, 0.05) is 0 Å². The van der Waals surface area contributed by atoms with E-state index in [0.717, 1.165) is 24.3 Å². The van der Waals surface area contributed by atoms with E-state index in [4.69, 9.17) is 13.8 Å². The van der Waals surface area contributed by atoms with Gasteiger partial charge in [0.15, 0.2) is 0 Å². The quantitative estimate of drug-likeness (QED) is 0.405. The highest BCUT2D eigenvalue weighted by Gasteiger charge is 2.45. The van der Waals surface area contributed by atoms with Crippen molar-refractivity contribution in [3.05, 3.63) is 60.7 Å². The van der Waals surface area contributed by atoms with Gasteiger partial charge in [-0.15, -0.1) is 0 Å². The van der Waals surface area contributed by atoms with Crippen molar-refractivity contribution in [3.8, 4) is 11.5 Å². The van der Waals surface area contributed by atoms with Crippen LogP contribution in [-0.2, 0) is 0 Å². The molecule has 2 aromatic carbocycles. The maximum atomic E-state index is 6.92. The Hall–Kier alpha value is -1.73. The molecule has 0 saturated carbocycles. The van der Waals surface area contributed by atoms with Crippen molar-refractivity contribution in [2.45, 2.75) is 115 Å². The van der Waals surface area contributed by atoms with Gasteiger partial charge in [0.1, 0.15) is 11.5 Å². The van der Waals surface area contributed by atoms with Gasteiger partial charge >= 0.3 is 7.51 Å². The third kappa shape index (κ3) is 8.19. The lowest BCUT2D eigenvalue weighted by molar-refractivity contribution is 0.381. The van der Waals surface area contributed by atoms with E-state index < -0.39 is 7.51 Å². The van der Waals surface area contributed by atoms with Gasteiger partial charge < -0.3 is 9.05 Å². The minimum atomic E-state index is -2.73. The zero-order chi connectivity index (χ0) is 24.3. The first kappa shape index (κ1) is 26.9. The van der Waals surface area contributed by atoms with Crippen molar-refractivity contribution in [1.29, 1.82) is 0 Å². The van der Waals surface area contributed by atoms with E-state index in [-0.39, 0.29) is 10.7 Å². The topological polar surface area (TPSA) is 30.8 Å². The Balaban J connectivity index is 2.05. The van der Waals surface area contributed by atoms with Crippen LogP contribution in [0.25, 0.3) is 0 Å². The highest BCUT2D eigenvalue weighted by molar-refractivity contribution is 7.59. The molecular formula is C30H46NO2P. The molecule has 0 atom stereocenters. The normalized spacial score (nSPS) is 21.6. The SMILES string of the molecule is CC1(C)CCCCCCCCCCCCC(C)(C)P(Oc2ccccc2)(Oc2ccccc2)=N1. The molecular weight excluding hydrogens is 437 g/mol. The van der Waals surface area contributed by atoms with Crippen LogP contribution in [0.2, 0.25) is 0 Å². The van der Waals surface area contributed by atoms with Gasteiger partial charge in [0.2, 0.25) is 0 Å². The molecule has 4 heteroatoms. The second kappa shape index (κ2) is 12.8. The molecule has 1 heterocycles. The molecule has 0 unspecified atom stereocenters.